The first-order valence-corrected chi connectivity index (χ1v) is 10.7. The van der Waals surface area contributed by atoms with Crippen molar-refractivity contribution >= 4 is 29.9 Å². The SMILES string of the molecule is CCNC(=NCC1CCCN(C)C1)N1CCC(CN2CCCCC2)C1.I. The second kappa shape index (κ2) is 11.7. The Morgan fingerprint density at radius 2 is 1.77 bits per heavy atom. The number of nitrogens with one attached hydrogen (secondary N) is 1. The Bertz CT molecular complexity index is 424. The highest BCUT2D eigenvalue weighted by atomic mass is 127. The van der Waals surface area contributed by atoms with E-state index < -0.39 is 0 Å². The summed E-state index contributed by atoms with van der Waals surface area (Å²) in [5, 5.41) is 3.55. The van der Waals surface area contributed by atoms with Crippen LogP contribution >= 0.6 is 24.0 Å². The van der Waals surface area contributed by atoms with Gasteiger partial charge in [0.2, 0.25) is 0 Å². The van der Waals surface area contributed by atoms with Gasteiger partial charge >= 0.3 is 0 Å². The van der Waals surface area contributed by atoms with Crippen molar-refractivity contribution in [3.8, 4) is 0 Å². The molecule has 0 aromatic carbocycles. The van der Waals surface area contributed by atoms with Crippen molar-refractivity contribution in [3.05, 3.63) is 0 Å². The van der Waals surface area contributed by atoms with E-state index in [1.807, 2.05) is 0 Å². The summed E-state index contributed by atoms with van der Waals surface area (Å²) in [5.74, 6) is 2.72. The molecule has 3 rings (SSSR count). The zero-order valence-electron chi connectivity index (χ0n) is 17.0. The molecule has 2 unspecified atom stereocenters. The Kier molecular flexibility index (Phi) is 9.99. The summed E-state index contributed by atoms with van der Waals surface area (Å²) in [6.07, 6.45) is 8.22. The van der Waals surface area contributed by atoms with Gasteiger partial charge in [-0.15, -0.1) is 24.0 Å². The highest BCUT2D eigenvalue weighted by molar-refractivity contribution is 14.0. The van der Waals surface area contributed by atoms with Crippen molar-refractivity contribution in [2.75, 3.05) is 66.0 Å². The maximum Gasteiger partial charge on any atom is 0.193 e. The van der Waals surface area contributed by atoms with Crippen LogP contribution in [0.1, 0.15) is 45.4 Å². The Hall–Kier alpha value is -0.0800. The zero-order chi connectivity index (χ0) is 17.5. The maximum absolute atomic E-state index is 5.03. The summed E-state index contributed by atoms with van der Waals surface area (Å²) in [4.78, 5) is 12.7. The number of likely N-dealkylation sites (tertiary alicyclic amines) is 3. The lowest BCUT2D eigenvalue weighted by atomic mass is 9.99. The predicted molar refractivity (Wildman–Crippen MR) is 122 cm³/mol. The number of nitrogens with zero attached hydrogens (tertiary/aromatic N) is 4. The lowest BCUT2D eigenvalue weighted by Crippen LogP contribution is -2.42. The molecule has 152 valence electrons. The molecular weight excluding hydrogens is 437 g/mol. The van der Waals surface area contributed by atoms with Gasteiger partial charge in [0.25, 0.3) is 0 Å². The summed E-state index contributed by atoms with van der Waals surface area (Å²) < 4.78 is 0. The molecule has 26 heavy (non-hydrogen) atoms. The minimum atomic E-state index is 0. The second-order valence-corrected chi connectivity index (χ2v) is 8.43. The normalized spacial score (nSPS) is 28.8. The zero-order valence-corrected chi connectivity index (χ0v) is 19.3. The van der Waals surface area contributed by atoms with E-state index in [1.54, 1.807) is 0 Å². The first kappa shape index (κ1) is 22.2. The summed E-state index contributed by atoms with van der Waals surface area (Å²) in [5.41, 5.74) is 0. The average Bonchev–Trinajstić information content (AvgIpc) is 3.08. The van der Waals surface area contributed by atoms with Crippen LogP contribution < -0.4 is 5.32 Å². The van der Waals surface area contributed by atoms with Crippen LogP contribution in [0.2, 0.25) is 0 Å². The molecule has 3 aliphatic heterocycles. The van der Waals surface area contributed by atoms with Crippen molar-refractivity contribution in [1.29, 1.82) is 0 Å². The monoisotopic (exact) mass is 477 g/mol. The quantitative estimate of drug-likeness (QED) is 0.375. The molecule has 6 heteroatoms. The molecule has 3 fully saturated rings. The number of hydrogen-bond acceptors (Lipinski definition) is 3. The first-order chi connectivity index (χ1) is 12.2. The van der Waals surface area contributed by atoms with E-state index in [0.717, 1.165) is 30.9 Å². The summed E-state index contributed by atoms with van der Waals surface area (Å²) in [7, 11) is 2.24. The molecule has 0 aromatic heterocycles. The molecule has 0 saturated carbocycles. The Balaban J connectivity index is 0.00000243. The fourth-order valence-electron chi connectivity index (χ4n) is 4.74. The van der Waals surface area contributed by atoms with Crippen LogP contribution in [0.15, 0.2) is 4.99 Å². The van der Waals surface area contributed by atoms with Crippen molar-refractivity contribution in [2.24, 2.45) is 16.8 Å². The first-order valence-electron chi connectivity index (χ1n) is 10.7. The van der Waals surface area contributed by atoms with E-state index in [2.05, 4.69) is 34.0 Å². The highest BCUT2D eigenvalue weighted by Gasteiger charge is 2.27. The second-order valence-electron chi connectivity index (χ2n) is 8.43. The van der Waals surface area contributed by atoms with Gasteiger partial charge < -0.3 is 20.0 Å². The van der Waals surface area contributed by atoms with Gasteiger partial charge in [-0.3, -0.25) is 4.99 Å². The molecule has 0 amide bonds. The minimum Gasteiger partial charge on any atom is -0.357 e. The third kappa shape index (κ3) is 6.82. The molecule has 0 radical (unpaired) electrons. The number of guanidine groups is 1. The fourth-order valence-corrected chi connectivity index (χ4v) is 4.74. The number of rotatable bonds is 5. The minimum absolute atomic E-state index is 0. The maximum atomic E-state index is 5.03. The molecule has 0 bridgehead atoms. The van der Waals surface area contributed by atoms with E-state index in [0.29, 0.717) is 0 Å². The van der Waals surface area contributed by atoms with E-state index >= 15 is 0 Å². The predicted octanol–water partition coefficient (Wildman–Crippen LogP) is 2.72. The third-order valence-electron chi connectivity index (χ3n) is 6.11. The number of piperidine rings is 2. The van der Waals surface area contributed by atoms with Crippen molar-refractivity contribution in [1.82, 2.24) is 20.0 Å². The fraction of sp³-hybridized carbons (Fsp3) is 0.950. The van der Waals surface area contributed by atoms with Crippen LogP contribution in [0.4, 0.5) is 0 Å². The molecule has 0 spiro atoms. The Labute approximate surface area is 178 Å². The van der Waals surface area contributed by atoms with Gasteiger partial charge in [0.05, 0.1) is 0 Å². The van der Waals surface area contributed by atoms with Crippen molar-refractivity contribution in [2.45, 2.75) is 45.4 Å². The van der Waals surface area contributed by atoms with E-state index in [9.17, 15) is 0 Å². The lowest BCUT2D eigenvalue weighted by molar-refractivity contribution is 0.198. The van der Waals surface area contributed by atoms with Gasteiger partial charge in [-0.1, -0.05) is 6.42 Å². The Morgan fingerprint density at radius 3 is 2.50 bits per heavy atom. The van der Waals surface area contributed by atoms with Gasteiger partial charge in [0.1, 0.15) is 0 Å². The molecule has 5 nitrogen and oxygen atoms in total. The third-order valence-corrected chi connectivity index (χ3v) is 6.11. The van der Waals surface area contributed by atoms with Crippen LogP contribution in [-0.4, -0.2) is 86.6 Å². The van der Waals surface area contributed by atoms with Crippen LogP contribution in [0.5, 0.6) is 0 Å². The van der Waals surface area contributed by atoms with E-state index in [1.165, 1.54) is 84.3 Å². The molecule has 3 saturated heterocycles. The number of aliphatic imine (C=N–C) groups is 1. The smallest absolute Gasteiger partial charge is 0.193 e. The largest absolute Gasteiger partial charge is 0.357 e. The van der Waals surface area contributed by atoms with Crippen LogP contribution in [0.25, 0.3) is 0 Å². The topological polar surface area (TPSA) is 34.1 Å². The summed E-state index contributed by atoms with van der Waals surface area (Å²) in [6, 6.07) is 0. The molecule has 2 atom stereocenters. The van der Waals surface area contributed by atoms with E-state index in [-0.39, 0.29) is 24.0 Å². The van der Waals surface area contributed by atoms with Gasteiger partial charge in [0.15, 0.2) is 5.96 Å². The van der Waals surface area contributed by atoms with Crippen LogP contribution in [0, 0.1) is 11.8 Å². The van der Waals surface area contributed by atoms with Crippen LogP contribution in [-0.2, 0) is 0 Å². The molecule has 0 aliphatic carbocycles. The van der Waals surface area contributed by atoms with Gasteiger partial charge in [-0.2, -0.15) is 0 Å². The average molecular weight is 477 g/mol. The Morgan fingerprint density at radius 1 is 0.962 bits per heavy atom. The lowest BCUT2D eigenvalue weighted by Gasteiger charge is -2.30. The van der Waals surface area contributed by atoms with Gasteiger partial charge in [0, 0.05) is 39.3 Å². The molecule has 0 aromatic rings. The number of hydrogen-bond donors (Lipinski definition) is 1. The summed E-state index contributed by atoms with van der Waals surface area (Å²) in [6.45, 7) is 12.9. The number of halogens is 1. The van der Waals surface area contributed by atoms with E-state index in [4.69, 9.17) is 4.99 Å². The molecule has 3 heterocycles. The molecule has 3 aliphatic rings. The van der Waals surface area contributed by atoms with Gasteiger partial charge in [-0.25, -0.2) is 0 Å². The summed E-state index contributed by atoms with van der Waals surface area (Å²) >= 11 is 0. The van der Waals surface area contributed by atoms with Crippen molar-refractivity contribution < 1.29 is 0 Å². The standard InChI is InChI=1S/C20H39N5.HI/c1-3-21-20(22-14-18-8-7-10-23(2)15-18)25-13-9-19(17-25)16-24-11-5-4-6-12-24;/h18-19H,3-17H2,1-2H3,(H,21,22);1H. The highest BCUT2D eigenvalue weighted by Crippen LogP contribution is 2.20. The molecule has 1 N–H and O–H groups in total. The molecular formula is C20H40IN5. The van der Waals surface area contributed by atoms with Crippen LogP contribution in [0.3, 0.4) is 0 Å². The van der Waals surface area contributed by atoms with Gasteiger partial charge in [-0.05, 0) is 77.5 Å². The van der Waals surface area contributed by atoms with Crippen molar-refractivity contribution in [3.63, 3.8) is 0 Å².